The Morgan fingerprint density at radius 2 is 2.19 bits per heavy atom. The van der Waals surface area contributed by atoms with Gasteiger partial charge in [0.25, 0.3) is 0 Å². The van der Waals surface area contributed by atoms with Crippen LogP contribution in [-0.2, 0) is 11.8 Å². The van der Waals surface area contributed by atoms with Crippen LogP contribution < -0.4 is 15.4 Å². The third-order valence-corrected chi connectivity index (χ3v) is 5.13. The van der Waals surface area contributed by atoms with Crippen LogP contribution in [0.4, 0.5) is 11.6 Å². The average molecular weight is 430 g/mol. The molecular weight excluding hydrogens is 408 g/mol. The number of morpholine rings is 1. The number of hydrogen-bond acceptors (Lipinski definition) is 8. The van der Waals surface area contributed by atoms with Gasteiger partial charge in [0, 0.05) is 56.4 Å². The summed E-state index contributed by atoms with van der Waals surface area (Å²) in [7, 11) is 1.86. The van der Waals surface area contributed by atoms with Crippen LogP contribution in [0, 0.1) is 11.3 Å². The molecule has 1 aliphatic rings. The minimum atomic E-state index is -0.0356. The lowest BCUT2D eigenvalue weighted by atomic mass is 10.1. The second kappa shape index (κ2) is 8.66. The number of aromatic nitrogens is 5. The van der Waals surface area contributed by atoms with E-state index >= 15 is 0 Å². The molecule has 1 atom stereocenters. The van der Waals surface area contributed by atoms with Gasteiger partial charge in [-0.05, 0) is 23.8 Å². The van der Waals surface area contributed by atoms with Gasteiger partial charge in [0.2, 0.25) is 5.88 Å². The molecule has 1 saturated heterocycles. The van der Waals surface area contributed by atoms with Crippen molar-refractivity contribution in [2.45, 2.75) is 6.10 Å². The average Bonchev–Trinajstić information content (AvgIpc) is 3.42. The fourth-order valence-corrected chi connectivity index (χ4v) is 3.57. The van der Waals surface area contributed by atoms with Crippen molar-refractivity contribution in [3.63, 3.8) is 0 Å². The first kappa shape index (κ1) is 20.0. The maximum Gasteiger partial charge on any atom is 0.221 e. The van der Waals surface area contributed by atoms with Crippen LogP contribution in [-0.4, -0.2) is 56.8 Å². The summed E-state index contributed by atoms with van der Waals surface area (Å²) in [5.74, 6) is 1.87. The van der Waals surface area contributed by atoms with Crippen LogP contribution >= 0.6 is 0 Å². The van der Waals surface area contributed by atoms with E-state index in [-0.39, 0.29) is 6.10 Å². The number of anilines is 2. The Morgan fingerprint density at radius 1 is 1.25 bits per heavy atom. The summed E-state index contributed by atoms with van der Waals surface area (Å²) < 4.78 is 15.2. The fourth-order valence-electron chi connectivity index (χ4n) is 3.57. The van der Waals surface area contributed by atoms with Crippen LogP contribution in [0.2, 0.25) is 0 Å². The number of hydrogen-bond donors (Lipinski definition) is 2. The number of fused-ring (bicyclic) bond motifs is 1. The molecule has 0 aliphatic carbocycles. The molecule has 5 rings (SSSR count). The lowest BCUT2D eigenvalue weighted by Gasteiger charge is -2.23. The molecule has 1 aliphatic heterocycles. The zero-order chi connectivity index (χ0) is 21.9. The van der Waals surface area contributed by atoms with Gasteiger partial charge >= 0.3 is 0 Å². The van der Waals surface area contributed by atoms with Crippen LogP contribution in [0.15, 0.2) is 48.9 Å². The van der Waals surface area contributed by atoms with E-state index in [1.165, 1.54) is 6.20 Å². The number of pyridine rings is 2. The Balaban J connectivity index is 1.43. The summed E-state index contributed by atoms with van der Waals surface area (Å²) in [6.07, 6.45) is 5.21. The lowest BCUT2D eigenvalue weighted by Crippen LogP contribution is -2.41. The number of rotatable bonds is 6. The number of ether oxygens (including phenoxy) is 2. The number of aryl methyl sites for hydroxylation is 1. The SMILES string of the molecule is Cn1ccc(Nc2cc3cc(-c4cc(C#N)cnc4OC[C@@H]4CNCCO4)ccn3n2)n1. The molecule has 0 bridgehead atoms. The van der Waals surface area contributed by atoms with Crippen molar-refractivity contribution >= 4 is 17.2 Å². The zero-order valence-corrected chi connectivity index (χ0v) is 17.5. The zero-order valence-electron chi connectivity index (χ0n) is 17.5. The number of nitriles is 1. The summed E-state index contributed by atoms with van der Waals surface area (Å²) in [6.45, 7) is 2.62. The molecule has 162 valence electrons. The summed E-state index contributed by atoms with van der Waals surface area (Å²) in [5.41, 5.74) is 2.97. The van der Waals surface area contributed by atoms with E-state index in [0.29, 0.717) is 30.5 Å². The maximum absolute atomic E-state index is 9.36. The Kier molecular flexibility index (Phi) is 5.41. The smallest absolute Gasteiger partial charge is 0.221 e. The van der Waals surface area contributed by atoms with Gasteiger partial charge in [-0.15, -0.1) is 0 Å². The molecule has 0 saturated carbocycles. The van der Waals surface area contributed by atoms with E-state index in [9.17, 15) is 5.26 Å². The van der Waals surface area contributed by atoms with Crippen LogP contribution in [0.5, 0.6) is 5.88 Å². The van der Waals surface area contributed by atoms with Gasteiger partial charge in [-0.3, -0.25) is 4.68 Å². The first-order valence-electron chi connectivity index (χ1n) is 10.3. The minimum absolute atomic E-state index is 0.0356. The molecular formula is C22H22N8O2. The van der Waals surface area contributed by atoms with Crippen molar-refractivity contribution < 1.29 is 9.47 Å². The van der Waals surface area contributed by atoms with Gasteiger partial charge in [0.15, 0.2) is 11.6 Å². The summed E-state index contributed by atoms with van der Waals surface area (Å²) in [4.78, 5) is 4.39. The van der Waals surface area contributed by atoms with Crippen molar-refractivity contribution in [2.75, 3.05) is 31.6 Å². The topological polar surface area (TPSA) is 114 Å². The van der Waals surface area contributed by atoms with Gasteiger partial charge in [0.1, 0.15) is 18.8 Å². The van der Waals surface area contributed by atoms with Crippen LogP contribution in [0.1, 0.15) is 5.56 Å². The van der Waals surface area contributed by atoms with E-state index in [1.54, 1.807) is 15.3 Å². The molecule has 2 N–H and O–H groups in total. The maximum atomic E-state index is 9.36. The Hall–Kier alpha value is -3.94. The molecule has 5 heterocycles. The van der Waals surface area contributed by atoms with Crippen molar-refractivity contribution in [3.05, 3.63) is 54.5 Å². The molecule has 0 aromatic carbocycles. The monoisotopic (exact) mass is 430 g/mol. The van der Waals surface area contributed by atoms with Gasteiger partial charge in [-0.2, -0.15) is 15.5 Å². The van der Waals surface area contributed by atoms with Gasteiger partial charge in [-0.1, -0.05) is 0 Å². The molecule has 1 fully saturated rings. The van der Waals surface area contributed by atoms with E-state index in [2.05, 4.69) is 31.9 Å². The first-order valence-corrected chi connectivity index (χ1v) is 10.3. The van der Waals surface area contributed by atoms with Crippen LogP contribution in [0.3, 0.4) is 0 Å². The standard InChI is InChI=1S/C22H22N8O2/c1-29-5-3-20(27-29)26-21-10-17-9-16(2-6-30(17)28-21)19-8-15(11-23)12-25-22(19)32-14-18-13-24-4-7-31-18/h2-3,5-6,8-10,12,18,24H,4,7,13-14H2,1H3,(H,26,27,28)/t18-/m0/s1. The molecule has 4 aromatic heterocycles. The van der Waals surface area contributed by atoms with Crippen molar-refractivity contribution in [2.24, 2.45) is 7.05 Å². The summed E-state index contributed by atoms with van der Waals surface area (Å²) in [5, 5.41) is 24.7. The summed E-state index contributed by atoms with van der Waals surface area (Å²) >= 11 is 0. The van der Waals surface area contributed by atoms with Gasteiger partial charge in [-0.25, -0.2) is 9.50 Å². The highest BCUT2D eigenvalue weighted by Crippen LogP contribution is 2.30. The highest BCUT2D eigenvalue weighted by atomic mass is 16.5. The molecule has 10 nitrogen and oxygen atoms in total. The van der Waals surface area contributed by atoms with E-state index in [0.717, 1.165) is 35.6 Å². The second-order valence-corrected chi connectivity index (χ2v) is 7.51. The Morgan fingerprint density at radius 3 is 2.97 bits per heavy atom. The van der Waals surface area contributed by atoms with Gasteiger partial charge in [0.05, 0.1) is 17.7 Å². The Bertz CT molecular complexity index is 1280. The fraction of sp³-hybridized carbons (Fsp3) is 0.273. The first-order chi connectivity index (χ1) is 15.7. The number of nitrogens with one attached hydrogen (secondary N) is 2. The molecule has 0 amide bonds. The molecule has 0 spiro atoms. The second-order valence-electron chi connectivity index (χ2n) is 7.51. The molecule has 0 unspecified atom stereocenters. The van der Waals surface area contributed by atoms with Crippen molar-refractivity contribution in [1.82, 2.24) is 29.7 Å². The third-order valence-electron chi connectivity index (χ3n) is 5.13. The molecule has 32 heavy (non-hydrogen) atoms. The van der Waals surface area contributed by atoms with E-state index < -0.39 is 0 Å². The third kappa shape index (κ3) is 4.25. The minimum Gasteiger partial charge on any atom is -0.474 e. The number of nitrogens with zero attached hydrogens (tertiary/aromatic N) is 6. The highest BCUT2D eigenvalue weighted by Gasteiger charge is 2.17. The quantitative estimate of drug-likeness (QED) is 0.478. The van der Waals surface area contributed by atoms with Gasteiger partial charge < -0.3 is 20.1 Å². The van der Waals surface area contributed by atoms with Crippen molar-refractivity contribution in [3.8, 4) is 23.1 Å². The lowest BCUT2D eigenvalue weighted by molar-refractivity contribution is -0.000606. The predicted molar refractivity (Wildman–Crippen MR) is 118 cm³/mol. The van der Waals surface area contributed by atoms with E-state index in [1.807, 2.05) is 43.7 Å². The van der Waals surface area contributed by atoms with E-state index in [4.69, 9.17) is 9.47 Å². The molecule has 4 aromatic rings. The largest absolute Gasteiger partial charge is 0.474 e. The van der Waals surface area contributed by atoms with Crippen LogP contribution in [0.25, 0.3) is 16.6 Å². The summed E-state index contributed by atoms with van der Waals surface area (Å²) in [6, 6.07) is 11.7. The normalized spacial score (nSPS) is 16.1. The Labute approximate surface area is 184 Å². The molecule has 0 radical (unpaired) electrons. The predicted octanol–water partition coefficient (Wildman–Crippen LogP) is 2.11. The van der Waals surface area contributed by atoms with Crippen molar-refractivity contribution in [1.29, 1.82) is 5.26 Å². The highest BCUT2D eigenvalue weighted by molar-refractivity contribution is 5.75. The molecule has 10 heteroatoms.